The maximum Gasteiger partial charge on any atom is 0.339 e. The van der Waals surface area contributed by atoms with Crippen molar-refractivity contribution < 1.29 is 54.2 Å². The number of nitrogens with zero attached hydrogens (tertiary/aromatic N) is 2. The van der Waals surface area contributed by atoms with E-state index in [-0.39, 0.29) is 23.3 Å². The number of halogens is 8. The first kappa shape index (κ1) is 40.4. The molecule has 0 aliphatic heterocycles. The number of benzene rings is 5. The van der Waals surface area contributed by atoms with Crippen molar-refractivity contribution in [2.45, 2.75) is 13.2 Å². The second-order valence-electron chi connectivity index (χ2n) is 12.4. The fourth-order valence-corrected chi connectivity index (χ4v) is 5.01. The van der Waals surface area contributed by atoms with Crippen LogP contribution in [0.2, 0.25) is 0 Å². The van der Waals surface area contributed by atoms with Crippen LogP contribution in [0, 0.1) is 70.2 Å². The Morgan fingerprint density at radius 2 is 0.821 bits per heavy atom. The van der Waals surface area contributed by atoms with Gasteiger partial charge in [-0.2, -0.15) is 0 Å². The minimum absolute atomic E-state index is 0.0807. The second kappa shape index (κ2) is 17.1. The minimum Gasteiger partial charge on any atom is -0.457 e. The maximum absolute atomic E-state index is 14.4. The van der Waals surface area contributed by atoms with Gasteiger partial charge in [0.25, 0.3) is 0 Å². The highest BCUT2D eigenvalue weighted by atomic mass is 19.2. The summed E-state index contributed by atoms with van der Waals surface area (Å²) in [5.74, 6) is -6.00. The molecule has 0 heterocycles. The molecule has 0 saturated carbocycles. The van der Waals surface area contributed by atoms with Crippen molar-refractivity contribution in [3.8, 4) is 23.7 Å². The van der Waals surface area contributed by atoms with Crippen LogP contribution < -0.4 is 9.80 Å². The Kier molecular flexibility index (Phi) is 12.3. The third-order valence-electron chi connectivity index (χ3n) is 8.16. The number of ether oxygens (including phenoxy) is 2. The van der Waals surface area contributed by atoms with E-state index in [1.165, 1.54) is 0 Å². The van der Waals surface area contributed by atoms with Crippen molar-refractivity contribution in [3.63, 3.8) is 0 Å². The van der Waals surface area contributed by atoms with Crippen LogP contribution in [0.1, 0.15) is 54.1 Å². The largest absolute Gasteiger partial charge is 0.457 e. The van der Waals surface area contributed by atoms with Crippen molar-refractivity contribution >= 4 is 23.3 Å². The molecule has 5 aromatic carbocycles. The van der Waals surface area contributed by atoms with Gasteiger partial charge in [-0.05, 0) is 60.7 Å². The summed E-state index contributed by atoms with van der Waals surface area (Å²) in [7, 11) is 7.26. The molecular formula is C42H28F8N2O4. The van der Waals surface area contributed by atoms with Gasteiger partial charge in [-0.1, -0.05) is 23.7 Å². The number of hydrogen-bond donors (Lipinski definition) is 0. The molecule has 5 rings (SSSR count). The van der Waals surface area contributed by atoms with Gasteiger partial charge in [-0.3, -0.25) is 0 Å². The number of hydrogen-bond acceptors (Lipinski definition) is 6. The summed E-state index contributed by atoms with van der Waals surface area (Å²) in [6.45, 7) is -2.39. The molecule has 56 heavy (non-hydrogen) atoms. The van der Waals surface area contributed by atoms with Gasteiger partial charge in [-0.25, -0.2) is 44.7 Å². The van der Waals surface area contributed by atoms with Crippen LogP contribution in [-0.2, 0) is 22.7 Å². The lowest BCUT2D eigenvalue weighted by atomic mass is 9.97. The standard InChI is InChI=1S/C42H28F8N2O4/c1-51(2)27-13-7-23(8-14-27)5-11-25-17-30(42(54)56-22-32-34(44)20-36(46)40(50)38(32)48)26(12-6-24-9-15-28(16-10-24)52(3)4)18-29(25)41(53)55-21-31-33(43)19-35(45)39(49)37(31)47/h7-10,13-20H,21-22H2,1-4H3. The highest BCUT2D eigenvalue weighted by Gasteiger charge is 2.25. The zero-order valence-electron chi connectivity index (χ0n) is 29.9. The molecule has 0 unspecified atom stereocenters. The fraction of sp³-hybridized carbons (Fsp3) is 0.143. The number of carbonyl (C=O) groups excluding carboxylic acids is 2. The summed E-state index contributed by atoms with van der Waals surface area (Å²) in [6.07, 6.45) is 0. The average molecular weight is 777 g/mol. The summed E-state index contributed by atoms with van der Waals surface area (Å²) in [4.78, 5) is 30.8. The monoisotopic (exact) mass is 776 g/mol. The number of carbonyl (C=O) groups is 2. The first-order valence-corrected chi connectivity index (χ1v) is 16.3. The summed E-state index contributed by atoms with van der Waals surface area (Å²) < 4.78 is 123. The molecule has 6 nitrogen and oxygen atoms in total. The lowest BCUT2D eigenvalue weighted by Gasteiger charge is -2.13. The molecule has 0 bridgehead atoms. The Labute approximate surface area is 315 Å². The van der Waals surface area contributed by atoms with Gasteiger partial charge in [0, 0.05) is 74.0 Å². The normalized spacial score (nSPS) is 10.5. The summed E-state index contributed by atoms with van der Waals surface area (Å²) in [5.41, 5.74) is -0.970. The first-order valence-electron chi connectivity index (χ1n) is 16.3. The van der Waals surface area contributed by atoms with Crippen LogP contribution in [0.25, 0.3) is 0 Å². The third-order valence-corrected chi connectivity index (χ3v) is 8.16. The van der Waals surface area contributed by atoms with E-state index in [4.69, 9.17) is 9.47 Å². The van der Waals surface area contributed by atoms with Crippen molar-refractivity contribution in [2.24, 2.45) is 0 Å². The molecule has 286 valence electrons. The van der Waals surface area contributed by atoms with Crippen molar-refractivity contribution in [3.05, 3.63) is 164 Å². The van der Waals surface area contributed by atoms with Gasteiger partial charge >= 0.3 is 11.9 Å². The quantitative estimate of drug-likeness (QED) is 0.0519. The minimum atomic E-state index is -1.99. The van der Waals surface area contributed by atoms with Gasteiger partial charge in [0.15, 0.2) is 34.9 Å². The molecule has 0 aromatic heterocycles. The third kappa shape index (κ3) is 9.10. The van der Waals surface area contributed by atoms with Gasteiger partial charge in [0.1, 0.15) is 24.8 Å². The fourth-order valence-electron chi connectivity index (χ4n) is 5.01. The summed E-state index contributed by atoms with van der Waals surface area (Å²) in [6, 6.07) is 15.8. The van der Waals surface area contributed by atoms with Crippen LogP contribution >= 0.6 is 0 Å². The Balaban J connectivity index is 1.63. The Morgan fingerprint density at radius 1 is 0.482 bits per heavy atom. The van der Waals surface area contributed by atoms with Gasteiger partial charge in [0.05, 0.1) is 22.3 Å². The van der Waals surface area contributed by atoms with Gasteiger partial charge < -0.3 is 19.3 Å². The van der Waals surface area contributed by atoms with Gasteiger partial charge in [0.2, 0.25) is 0 Å². The Hall–Kier alpha value is -6.80. The molecular weight excluding hydrogens is 748 g/mol. The van der Waals surface area contributed by atoms with Crippen molar-refractivity contribution in [2.75, 3.05) is 38.0 Å². The van der Waals surface area contributed by atoms with Crippen LogP contribution in [0.15, 0.2) is 72.8 Å². The van der Waals surface area contributed by atoms with E-state index >= 15 is 0 Å². The topological polar surface area (TPSA) is 59.1 Å². The van der Waals surface area contributed by atoms with Crippen molar-refractivity contribution in [1.29, 1.82) is 0 Å². The second-order valence-corrected chi connectivity index (χ2v) is 12.4. The van der Waals surface area contributed by atoms with Crippen molar-refractivity contribution in [1.82, 2.24) is 0 Å². The van der Waals surface area contributed by atoms with E-state index in [0.717, 1.165) is 23.5 Å². The van der Waals surface area contributed by atoms with E-state index in [2.05, 4.69) is 23.7 Å². The molecule has 0 aliphatic carbocycles. The molecule has 0 saturated heterocycles. The predicted octanol–water partition coefficient (Wildman–Crippen LogP) is 8.45. The van der Waals surface area contributed by atoms with E-state index in [9.17, 15) is 44.7 Å². The molecule has 5 aromatic rings. The molecule has 0 fully saturated rings. The highest BCUT2D eigenvalue weighted by Crippen LogP contribution is 2.25. The van der Waals surface area contributed by atoms with Crippen LogP contribution in [0.5, 0.6) is 0 Å². The summed E-state index contributed by atoms with van der Waals surface area (Å²) in [5, 5.41) is 0. The smallest absolute Gasteiger partial charge is 0.339 e. The van der Waals surface area contributed by atoms with E-state index in [0.29, 0.717) is 11.1 Å². The van der Waals surface area contributed by atoms with E-state index in [1.807, 2.05) is 38.0 Å². The molecule has 0 amide bonds. The van der Waals surface area contributed by atoms with Crippen LogP contribution in [-0.4, -0.2) is 40.1 Å². The predicted molar refractivity (Wildman–Crippen MR) is 191 cm³/mol. The molecule has 0 N–H and O–H groups in total. The number of esters is 2. The highest BCUT2D eigenvalue weighted by molar-refractivity contribution is 5.98. The molecule has 0 radical (unpaired) electrons. The van der Waals surface area contributed by atoms with Crippen LogP contribution in [0.3, 0.4) is 0 Å². The zero-order chi connectivity index (χ0) is 40.8. The molecule has 14 heteroatoms. The number of rotatable bonds is 8. The van der Waals surface area contributed by atoms with E-state index < -0.39 is 93.9 Å². The zero-order valence-corrected chi connectivity index (χ0v) is 29.9. The number of anilines is 2. The molecule has 0 spiro atoms. The average Bonchev–Trinajstić information content (AvgIpc) is 3.17. The SMILES string of the molecule is CN(C)c1ccc(C#Cc2cc(C(=O)OCc3c(F)cc(F)c(F)c3F)c(C#Cc3ccc(N(C)C)cc3)cc2C(=O)OCc2c(F)cc(F)c(F)c2F)cc1. The lowest BCUT2D eigenvalue weighted by Crippen LogP contribution is -2.14. The van der Waals surface area contributed by atoms with Crippen LogP contribution in [0.4, 0.5) is 46.5 Å². The first-order chi connectivity index (χ1) is 26.5. The lowest BCUT2D eigenvalue weighted by molar-refractivity contribution is 0.0448. The molecule has 0 aliphatic rings. The summed E-state index contributed by atoms with van der Waals surface area (Å²) >= 11 is 0. The Morgan fingerprint density at radius 3 is 1.14 bits per heavy atom. The molecule has 0 atom stereocenters. The van der Waals surface area contributed by atoms with E-state index in [1.54, 1.807) is 48.5 Å². The maximum atomic E-state index is 14.4. The van der Waals surface area contributed by atoms with Gasteiger partial charge in [-0.15, -0.1) is 0 Å². The Bertz CT molecular complexity index is 2290.